The van der Waals surface area contributed by atoms with Crippen LogP contribution in [0.25, 0.3) is 22.5 Å². The highest BCUT2D eigenvalue weighted by molar-refractivity contribution is 5.68. The molecular formula is C38H32F4N6O6. The summed E-state index contributed by atoms with van der Waals surface area (Å²) in [4.78, 5) is 27.3. The zero-order chi connectivity index (χ0) is 38.9. The van der Waals surface area contributed by atoms with Crippen molar-refractivity contribution in [3.63, 3.8) is 0 Å². The second-order valence-electron chi connectivity index (χ2n) is 11.4. The summed E-state index contributed by atoms with van der Waals surface area (Å²) in [5, 5.41) is 11.2. The van der Waals surface area contributed by atoms with Crippen LogP contribution in [0.4, 0.5) is 28.9 Å². The van der Waals surface area contributed by atoms with E-state index < -0.39 is 28.2 Å². The van der Waals surface area contributed by atoms with Gasteiger partial charge in [0.2, 0.25) is 0 Å². The summed E-state index contributed by atoms with van der Waals surface area (Å²) in [6.07, 6.45) is 3.42. The minimum atomic E-state index is -1.03. The molecule has 0 saturated carbocycles. The van der Waals surface area contributed by atoms with Crippen LogP contribution in [0.3, 0.4) is 0 Å². The molecule has 6 rings (SSSR count). The smallest absolute Gasteiger partial charge is 0.311 e. The fourth-order valence-electron chi connectivity index (χ4n) is 5.38. The highest BCUT2D eigenvalue weighted by Gasteiger charge is 2.18. The van der Waals surface area contributed by atoms with E-state index in [1.165, 1.54) is 46.1 Å². The van der Waals surface area contributed by atoms with Crippen molar-refractivity contribution in [1.29, 1.82) is 0 Å². The van der Waals surface area contributed by atoms with Gasteiger partial charge in [0.15, 0.2) is 29.0 Å². The molecule has 2 heterocycles. The molecule has 0 bridgehead atoms. The first kappa shape index (κ1) is 38.4. The van der Waals surface area contributed by atoms with E-state index in [2.05, 4.69) is 19.9 Å². The zero-order valence-electron chi connectivity index (χ0n) is 29.3. The molecule has 0 saturated heterocycles. The third kappa shape index (κ3) is 8.96. The standard InChI is InChI=1S/C19H15F2N3O4.C19H17F2N3O2/c1-27-18-4-3-11(6-17(18)24(25)26)5-12-7-16(23-10-22-12)13-8-14(20)15(21)9-19(13)28-2;1-25-18-4-3-11(6-16(18)22)5-12-7-17(24-10-23-12)13-8-14(20)15(21)9-19(13)26-2/h3-4,6-10H,5H2,1-2H3;3-4,6-10H,5,22H2,1-2H3. The van der Waals surface area contributed by atoms with E-state index in [1.807, 2.05) is 6.07 Å². The van der Waals surface area contributed by atoms with Crippen LogP contribution in [-0.2, 0) is 12.8 Å². The van der Waals surface area contributed by atoms with Gasteiger partial charge in [0.25, 0.3) is 0 Å². The average Bonchev–Trinajstić information content (AvgIpc) is 3.17. The lowest BCUT2D eigenvalue weighted by atomic mass is 10.1. The largest absolute Gasteiger partial charge is 0.496 e. The number of nitro groups is 1. The first-order valence-corrected chi connectivity index (χ1v) is 15.9. The highest BCUT2D eigenvalue weighted by Crippen LogP contribution is 2.33. The Balaban J connectivity index is 0.000000208. The lowest BCUT2D eigenvalue weighted by Crippen LogP contribution is -1.99. The van der Waals surface area contributed by atoms with Crippen LogP contribution in [0.1, 0.15) is 22.5 Å². The van der Waals surface area contributed by atoms with Gasteiger partial charge < -0.3 is 24.7 Å². The number of nitrogen functional groups attached to an aromatic ring is 1. The van der Waals surface area contributed by atoms with Crippen molar-refractivity contribution in [2.75, 3.05) is 34.2 Å². The summed E-state index contributed by atoms with van der Waals surface area (Å²) in [7, 11) is 5.64. The van der Waals surface area contributed by atoms with Crippen LogP contribution < -0.4 is 24.7 Å². The van der Waals surface area contributed by atoms with Gasteiger partial charge in [0.05, 0.1) is 50.4 Å². The molecule has 0 radical (unpaired) electrons. The fourth-order valence-corrected chi connectivity index (χ4v) is 5.38. The molecule has 0 unspecified atom stereocenters. The minimum Gasteiger partial charge on any atom is -0.496 e. The Labute approximate surface area is 306 Å². The molecule has 6 aromatic rings. The van der Waals surface area contributed by atoms with Gasteiger partial charge >= 0.3 is 5.69 Å². The molecule has 0 amide bonds. The van der Waals surface area contributed by atoms with Gasteiger partial charge in [-0.3, -0.25) is 10.1 Å². The van der Waals surface area contributed by atoms with Crippen LogP contribution in [0.5, 0.6) is 23.0 Å². The quantitative estimate of drug-likeness (QED) is 0.0605. The number of ether oxygens (including phenoxy) is 4. The van der Waals surface area contributed by atoms with Crippen molar-refractivity contribution >= 4 is 11.4 Å². The molecule has 2 aromatic heterocycles. The number of nitrogens with zero attached hydrogens (tertiary/aromatic N) is 5. The zero-order valence-corrected chi connectivity index (χ0v) is 29.3. The summed E-state index contributed by atoms with van der Waals surface area (Å²) in [5.41, 5.74) is 10.5. The number of halogens is 4. The van der Waals surface area contributed by atoms with Crippen LogP contribution >= 0.6 is 0 Å². The van der Waals surface area contributed by atoms with Gasteiger partial charge in [-0.25, -0.2) is 37.5 Å². The first-order valence-electron chi connectivity index (χ1n) is 15.9. The predicted molar refractivity (Wildman–Crippen MR) is 191 cm³/mol. The Morgan fingerprint density at radius 1 is 0.574 bits per heavy atom. The number of nitro benzene ring substituents is 1. The lowest BCUT2D eigenvalue weighted by Gasteiger charge is -2.10. The van der Waals surface area contributed by atoms with E-state index in [-0.39, 0.29) is 34.9 Å². The molecule has 0 spiro atoms. The predicted octanol–water partition coefficient (Wildman–Crippen LogP) is 7.55. The Morgan fingerprint density at radius 3 is 1.43 bits per heavy atom. The number of rotatable bonds is 11. The fraction of sp³-hybridized carbons (Fsp3) is 0.158. The number of hydrogen-bond donors (Lipinski definition) is 1. The van der Waals surface area contributed by atoms with E-state index in [4.69, 9.17) is 24.7 Å². The SMILES string of the molecule is COc1cc(F)c(F)cc1-c1cc(Cc2ccc(OC)c([N+](=O)[O-])c2)ncn1.COc1ccc(Cc2cc(-c3cc(F)c(F)cc3OC)ncn2)cc1N. The van der Waals surface area contributed by atoms with E-state index in [9.17, 15) is 27.7 Å². The highest BCUT2D eigenvalue weighted by atomic mass is 19.2. The monoisotopic (exact) mass is 744 g/mol. The first-order chi connectivity index (χ1) is 25.9. The molecule has 12 nitrogen and oxygen atoms in total. The second kappa shape index (κ2) is 17.1. The van der Waals surface area contributed by atoms with Gasteiger partial charge in [-0.05, 0) is 53.6 Å². The van der Waals surface area contributed by atoms with E-state index in [0.717, 1.165) is 29.8 Å². The summed E-state index contributed by atoms with van der Waals surface area (Å²) in [5.74, 6) is -2.92. The molecule has 54 heavy (non-hydrogen) atoms. The van der Waals surface area contributed by atoms with Crippen LogP contribution in [0.15, 0.2) is 85.5 Å². The van der Waals surface area contributed by atoms with Gasteiger partial charge in [0, 0.05) is 53.6 Å². The third-order valence-corrected chi connectivity index (χ3v) is 7.99. The molecule has 0 atom stereocenters. The number of hydrogen-bond acceptors (Lipinski definition) is 11. The van der Waals surface area contributed by atoms with Crippen molar-refractivity contribution in [2.45, 2.75) is 12.8 Å². The Hall–Kier alpha value is -6.84. The Bertz CT molecular complexity index is 2310. The van der Waals surface area contributed by atoms with Gasteiger partial charge in [-0.1, -0.05) is 12.1 Å². The Kier molecular flexibility index (Phi) is 12.2. The summed E-state index contributed by atoms with van der Waals surface area (Å²) >= 11 is 0. The normalized spacial score (nSPS) is 10.6. The van der Waals surface area contributed by atoms with Crippen molar-refractivity contribution in [2.24, 2.45) is 0 Å². The molecule has 0 fully saturated rings. The summed E-state index contributed by atoms with van der Waals surface area (Å²) in [6.45, 7) is 0. The molecule has 0 aliphatic carbocycles. The minimum absolute atomic E-state index is 0.128. The maximum atomic E-state index is 13.7. The van der Waals surface area contributed by atoms with Crippen molar-refractivity contribution in [1.82, 2.24) is 19.9 Å². The summed E-state index contributed by atoms with van der Waals surface area (Å²) in [6, 6.07) is 17.4. The van der Waals surface area contributed by atoms with E-state index in [1.54, 1.807) is 37.4 Å². The van der Waals surface area contributed by atoms with Gasteiger partial charge in [-0.2, -0.15) is 0 Å². The Morgan fingerprint density at radius 2 is 1.00 bits per heavy atom. The van der Waals surface area contributed by atoms with Crippen molar-refractivity contribution in [3.8, 4) is 45.5 Å². The van der Waals surface area contributed by atoms with Crippen LogP contribution in [0.2, 0.25) is 0 Å². The lowest BCUT2D eigenvalue weighted by molar-refractivity contribution is -0.385. The average molecular weight is 745 g/mol. The van der Waals surface area contributed by atoms with E-state index >= 15 is 0 Å². The number of aromatic nitrogens is 4. The number of methoxy groups -OCH3 is 4. The van der Waals surface area contributed by atoms with Crippen molar-refractivity contribution < 1.29 is 41.4 Å². The maximum absolute atomic E-state index is 13.7. The molecule has 278 valence electrons. The number of anilines is 1. The summed E-state index contributed by atoms with van der Waals surface area (Å²) < 4.78 is 74.5. The second-order valence-corrected chi connectivity index (χ2v) is 11.4. The molecule has 0 aliphatic rings. The number of nitrogens with two attached hydrogens (primary N) is 1. The van der Waals surface area contributed by atoms with Crippen molar-refractivity contribution in [3.05, 3.63) is 141 Å². The molecule has 2 N–H and O–H groups in total. The molecule has 16 heteroatoms. The number of benzene rings is 4. The topological polar surface area (TPSA) is 158 Å². The van der Waals surface area contributed by atoms with Crippen LogP contribution in [0, 0.1) is 33.4 Å². The van der Waals surface area contributed by atoms with Crippen LogP contribution in [-0.4, -0.2) is 53.3 Å². The molecular weight excluding hydrogens is 712 g/mol. The maximum Gasteiger partial charge on any atom is 0.311 e. The van der Waals surface area contributed by atoms with E-state index in [0.29, 0.717) is 51.8 Å². The van der Waals surface area contributed by atoms with Gasteiger partial charge in [0.1, 0.15) is 29.9 Å². The van der Waals surface area contributed by atoms with Gasteiger partial charge in [-0.15, -0.1) is 0 Å². The molecule has 4 aromatic carbocycles. The third-order valence-electron chi connectivity index (χ3n) is 7.99. The molecule has 0 aliphatic heterocycles.